The molecule has 2 heteroatoms. The summed E-state index contributed by atoms with van der Waals surface area (Å²) in [6.45, 7) is 4.74. The summed E-state index contributed by atoms with van der Waals surface area (Å²) in [5.74, 6) is 0.755. The van der Waals surface area contributed by atoms with Crippen molar-refractivity contribution in [1.29, 1.82) is 0 Å². The maximum Gasteiger partial charge on any atom is 0.00953 e. The second-order valence-corrected chi connectivity index (χ2v) is 5.90. The van der Waals surface area contributed by atoms with E-state index >= 15 is 0 Å². The summed E-state index contributed by atoms with van der Waals surface area (Å²) in [4.78, 5) is 2.74. The Morgan fingerprint density at radius 2 is 1.62 bits per heavy atom. The molecule has 0 aromatic rings. The van der Waals surface area contributed by atoms with Crippen molar-refractivity contribution < 1.29 is 0 Å². The highest BCUT2D eigenvalue weighted by Gasteiger charge is 2.29. The minimum absolute atomic E-state index is 0.388. The largest absolute Gasteiger partial charge is 0.328 e. The first-order chi connectivity index (χ1) is 7.77. The van der Waals surface area contributed by atoms with Crippen LogP contribution in [-0.2, 0) is 0 Å². The van der Waals surface area contributed by atoms with Gasteiger partial charge >= 0.3 is 0 Å². The molecule has 2 rings (SSSR count). The van der Waals surface area contributed by atoms with Gasteiger partial charge in [0.15, 0.2) is 0 Å². The summed E-state index contributed by atoms with van der Waals surface area (Å²) >= 11 is 0. The van der Waals surface area contributed by atoms with Gasteiger partial charge in [-0.2, -0.15) is 0 Å². The third-order valence-electron chi connectivity index (χ3n) is 4.59. The van der Waals surface area contributed by atoms with Crippen LogP contribution >= 0.6 is 0 Å². The molecule has 16 heavy (non-hydrogen) atoms. The van der Waals surface area contributed by atoms with Crippen molar-refractivity contribution in [1.82, 2.24) is 4.90 Å². The molecule has 1 heterocycles. The van der Waals surface area contributed by atoms with Gasteiger partial charge in [-0.1, -0.05) is 32.1 Å². The van der Waals surface area contributed by atoms with E-state index in [9.17, 15) is 0 Å². The van der Waals surface area contributed by atoms with Gasteiger partial charge in [0, 0.05) is 18.6 Å². The third-order valence-corrected chi connectivity index (χ3v) is 4.59. The predicted octanol–water partition coefficient (Wildman–Crippen LogP) is 2.77. The number of nitrogens with two attached hydrogens (primary N) is 1. The maximum atomic E-state index is 6.02. The lowest BCUT2D eigenvalue weighted by atomic mass is 9.95. The van der Waals surface area contributed by atoms with Crippen molar-refractivity contribution in [2.45, 2.75) is 70.4 Å². The smallest absolute Gasteiger partial charge is 0.00953 e. The zero-order chi connectivity index (χ0) is 11.4. The van der Waals surface area contributed by atoms with Gasteiger partial charge in [0.05, 0.1) is 0 Å². The first-order valence-corrected chi connectivity index (χ1v) is 7.27. The lowest BCUT2D eigenvalue weighted by molar-refractivity contribution is 0.194. The van der Waals surface area contributed by atoms with Crippen LogP contribution in [0.3, 0.4) is 0 Å². The molecule has 1 aliphatic carbocycles. The molecule has 2 fully saturated rings. The zero-order valence-electron chi connectivity index (χ0n) is 10.8. The lowest BCUT2D eigenvalue weighted by Crippen LogP contribution is -2.36. The Hall–Kier alpha value is -0.0800. The quantitative estimate of drug-likeness (QED) is 0.781. The Morgan fingerprint density at radius 3 is 2.19 bits per heavy atom. The Labute approximate surface area is 101 Å². The van der Waals surface area contributed by atoms with E-state index in [2.05, 4.69) is 11.8 Å². The Kier molecular flexibility index (Phi) is 4.66. The Bertz CT molecular complexity index is 195. The molecule has 2 atom stereocenters. The minimum Gasteiger partial charge on any atom is -0.328 e. The third kappa shape index (κ3) is 3.21. The van der Waals surface area contributed by atoms with Crippen molar-refractivity contribution in [3.8, 4) is 0 Å². The van der Waals surface area contributed by atoms with E-state index in [0.29, 0.717) is 6.04 Å². The van der Waals surface area contributed by atoms with E-state index in [0.717, 1.165) is 12.0 Å². The SMILES string of the molecule is CC(N)C1CCN(C2CCCCCCC2)C1. The molecule has 1 saturated heterocycles. The van der Waals surface area contributed by atoms with Crippen LogP contribution < -0.4 is 5.73 Å². The number of likely N-dealkylation sites (tertiary alicyclic amines) is 1. The topological polar surface area (TPSA) is 29.3 Å². The van der Waals surface area contributed by atoms with Gasteiger partial charge in [-0.15, -0.1) is 0 Å². The molecule has 2 nitrogen and oxygen atoms in total. The molecule has 0 radical (unpaired) electrons. The van der Waals surface area contributed by atoms with Gasteiger partial charge in [-0.3, -0.25) is 0 Å². The van der Waals surface area contributed by atoms with E-state index in [-0.39, 0.29) is 0 Å². The van der Waals surface area contributed by atoms with Gasteiger partial charge < -0.3 is 10.6 Å². The van der Waals surface area contributed by atoms with Crippen LogP contribution in [0.25, 0.3) is 0 Å². The summed E-state index contributed by atoms with van der Waals surface area (Å²) in [6.07, 6.45) is 11.5. The molecule has 1 saturated carbocycles. The Balaban J connectivity index is 1.82. The van der Waals surface area contributed by atoms with Crippen molar-refractivity contribution in [2.75, 3.05) is 13.1 Å². The summed E-state index contributed by atoms with van der Waals surface area (Å²) in [7, 11) is 0. The molecular formula is C14H28N2. The molecule has 2 unspecified atom stereocenters. The predicted molar refractivity (Wildman–Crippen MR) is 69.4 cm³/mol. The van der Waals surface area contributed by atoms with E-state index in [1.54, 1.807) is 0 Å². The van der Waals surface area contributed by atoms with Crippen LogP contribution in [0.2, 0.25) is 0 Å². The van der Waals surface area contributed by atoms with Gasteiger partial charge in [-0.25, -0.2) is 0 Å². The van der Waals surface area contributed by atoms with E-state index < -0.39 is 0 Å². The second-order valence-electron chi connectivity index (χ2n) is 5.90. The van der Waals surface area contributed by atoms with Gasteiger partial charge in [-0.05, 0) is 38.6 Å². The molecule has 0 amide bonds. The Morgan fingerprint density at radius 1 is 1.00 bits per heavy atom. The zero-order valence-corrected chi connectivity index (χ0v) is 10.8. The summed E-state index contributed by atoms with van der Waals surface area (Å²) in [5.41, 5.74) is 6.02. The highest BCUT2D eigenvalue weighted by atomic mass is 15.2. The average molecular weight is 224 g/mol. The van der Waals surface area contributed by atoms with Crippen LogP contribution in [0.4, 0.5) is 0 Å². The summed E-state index contributed by atoms with van der Waals surface area (Å²) in [5, 5.41) is 0. The van der Waals surface area contributed by atoms with Crippen LogP contribution in [0.1, 0.15) is 58.3 Å². The first-order valence-electron chi connectivity index (χ1n) is 7.27. The standard InChI is InChI=1S/C14H28N2/c1-12(15)13-9-10-16(11-13)14-7-5-3-2-4-6-8-14/h12-14H,2-11,15H2,1H3. The van der Waals surface area contributed by atoms with E-state index in [4.69, 9.17) is 5.73 Å². The molecule has 94 valence electrons. The lowest BCUT2D eigenvalue weighted by Gasteiger charge is -2.29. The fourth-order valence-electron chi connectivity index (χ4n) is 3.38. The van der Waals surface area contributed by atoms with Crippen molar-refractivity contribution in [3.05, 3.63) is 0 Å². The van der Waals surface area contributed by atoms with Gasteiger partial charge in [0.25, 0.3) is 0 Å². The fraction of sp³-hybridized carbons (Fsp3) is 1.00. The number of nitrogens with zero attached hydrogens (tertiary/aromatic N) is 1. The average Bonchev–Trinajstić information content (AvgIpc) is 2.66. The van der Waals surface area contributed by atoms with Gasteiger partial charge in [0.1, 0.15) is 0 Å². The highest BCUT2D eigenvalue weighted by molar-refractivity contribution is 4.85. The van der Waals surface area contributed by atoms with Gasteiger partial charge in [0.2, 0.25) is 0 Å². The minimum atomic E-state index is 0.388. The summed E-state index contributed by atoms with van der Waals surface area (Å²) in [6, 6.07) is 1.27. The normalized spacial score (nSPS) is 32.2. The van der Waals surface area contributed by atoms with Crippen LogP contribution in [0, 0.1) is 5.92 Å². The number of hydrogen-bond acceptors (Lipinski definition) is 2. The monoisotopic (exact) mass is 224 g/mol. The molecule has 0 aromatic carbocycles. The van der Waals surface area contributed by atoms with Crippen LogP contribution in [0.5, 0.6) is 0 Å². The maximum absolute atomic E-state index is 6.02. The molecule has 2 N–H and O–H groups in total. The van der Waals surface area contributed by atoms with E-state index in [1.165, 1.54) is 64.5 Å². The van der Waals surface area contributed by atoms with Crippen LogP contribution in [0.15, 0.2) is 0 Å². The van der Waals surface area contributed by atoms with Crippen LogP contribution in [-0.4, -0.2) is 30.1 Å². The molecule has 0 spiro atoms. The molecular weight excluding hydrogens is 196 g/mol. The van der Waals surface area contributed by atoms with Crippen molar-refractivity contribution >= 4 is 0 Å². The molecule has 1 aliphatic heterocycles. The highest BCUT2D eigenvalue weighted by Crippen LogP contribution is 2.27. The second kappa shape index (κ2) is 6.02. The fourth-order valence-corrected chi connectivity index (χ4v) is 3.38. The van der Waals surface area contributed by atoms with E-state index in [1.807, 2.05) is 0 Å². The number of hydrogen-bond donors (Lipinski definition) is 1. The number of rotatable bonds is 2. The van der Waals surface area contributed by atoms with Crippen molar-refractivity contribution in [3.63, 3.8) is 0 Å². The molecule has 0 bridgehead atoms. The molecule has 2 aliphatic rings. The summed E-state index contributed by atoms with van der Waals surface area (Å²) < 4.78 is 0. The first kappa shape index (κ1) is 12.4. The van der Waals surface area contributed by atoms with Crippen molar-refractivity contribution in [2.24, 2.45) is 11.7 Å². The molecule has 0 aromatic heterocycles.